The van der Waals surface area contributed by atoms with Crippen molar-refractivity contribution in [3.63, 3.8) is 0 Å². The highest BCUT2D eigenvalue weighted by molar-refractivity contribution is 7.89. The quantitative estimate of drug-likeness (QED) is 0.760. The van der Waals surface area contributed by atoms with Gasteiger partial charge in [-0.1, -0.05) is 31.4 Å². The molecular weight excluding hydrogens is 388 g/mol. The molecule has 1 aromatic carbocycles. The third kappa shape index (κ3) is 4.26. The molecule has 1 aliphatic heterocycles. The monoisotopic (exact) mass is 416 g/mol. The number of nitrogens with zero attached hydrogens (tertiary/aromatic N) is 2. The minimum absolute atomic E-state index is 0.188. The van der Waals surface area contributed by atoms with Gasteiger partial charge in [-0.2, -0.15) is 4.31 Å². The SMILES string of the molecule is Cc1ccc(C(=O)N2CCN(S(=O)(=O)c3ccc(C4CCCCC4)cc3)CC2)o1. The van der Waals surface area contributed by atoms with E-state index in [1.54, 1.807) is 36.1 Å². The van der Waals surface area contributed by atoms with E-state index in [0.717, 1.165) is 0 Å². The summed E-state index contributed by atoms with van der Waals surface area (Å²) in [6.45, 7) is 3.09. The van der Waals surface area contributed by atoms with Gasteiger partial charge in [-0.3, -0.25) is 4.79 Å². The van der Waals surface area contributed by atoms with Crippen LogP contribution in [0.2, 0.25) is 0 Å². The van der Waals surface area contributed by atoms with E-state index in [2.05, 4.69) is 0 Å². The zero-order chi connectivity index (χ0) is 20.4. The Balaban J connectivity index is 1.40. The Morgan fingerprint density at radius 3 is 2.17 bits per heavy atom. The molecule has 1 amide bonds. The highest BCUT2D eigenvalue weighted by Gasteiger charge is 2.31. The third-order valence-electron chi connectivity index (χ3n) is 6.07. The van der Waals surface area contributed by atoms with Gasteiger partial charge < -0.3 is 9.32 Å². The van der Waals surface area contributed by atoms with Crippen LogP contribution in [0.5, 0.6) is 0 Å². The molecule has 2 heterocycles. The molecule has 29 heavy (non-hydrogen) atoms. The normalized spacial score (nSPS) is 19.4. The summed E-state index contributed by atoms with van der Waals surface area (Å²) in [5.41, 5.74) is 1.24. The zero-order valence-corrected chi connectivity index (χ0v) is 17.7. The van der Waals surface area contributed by atoms with Crippen molar-refractivity contribution in [1.29, 1.82) is 0 Å². The van der Waals surface area contributed by atoms with Crippen LogP contribution in [0.25, 0.3) is 0 Å². The molecule has 1 aromatic heterocycles. The summed E-state index contributed by atoms with van der Waals surface area (Å²) in [7, 11) is -3.55. The summed E-state index contributed by atoms with van der Waals surface area (Å²) in [6.07, 6.45) is 6.20. The first-order valence-corrected chi connectivity index (χ1v) is 11.8. The summed E-state index contributed by atoms with van der Waals surface area (Å²) in [5.74, 6) is 1.36. The highest BCUT2D eigenvalue weighted by atomic mass is 32.2. The van der Waals surface area contributed by atoms with Crippen molar-refractivity contribution >= 4 is 15.9 Å². The number of benzene rings is 1. The number of amides is 1. The Morgan fingerprint density at radius 1 is 0.931 bits per heavy atom. The second-order valence-corrected chi connectivity index (χ2v) is 9.95. The number of carbonyl (C=O) groups is 1. The van der Waals surface area contributed by atoms with Crippen molar-refractivity contribution < 1.29 is 17.6 Å². The Kier molecular flexibility index (Phi) is 5.79. The maximum absolute atomic E-state index is 13.0. The number of sulfonamides is 1. The van der Waals surface area contributed by atoms with E-state index < -0.39 is 10.0 Å². The Hall–Kier alpha value is -2.12. The highest BCUT2D eigenvalue weighted by Crippen LogP contribution is 2.33. The van der Waals surface area contributed by atoms with E-state index in [4.69, 9.17) is 4.42 Å². The van der Waals surface area contributed by atoms with Crippen LogP contribution >= 0.6 is 0 Å². The van der Waals surface area contributed by atoms with Crippen LogP contribution in [-0.4, -0.2) is 49.7 Å². The van der Waals surface area contributed by atoms with Crippen molar-refractivity contribution in [3.8, 4) is 0 Å². The predicted octanol–water partition coefficient (Wildman–Crippen LogP) is 3.78. The molecule has 0 N–H and O–H groups in total. The molecule has 1 saturated heterocycles. The van der Waals surface area contributed by atoms with Crippen LogP contribution < -0.4 is 0 Å². The van der Waals surface area contributed by atoms with Gasteiger partial charge in [0.25, 0.3) is 5.91 Å². The third-order valence-corrected chi connectivity index (χ3v) is 7.98. The average Bonchev–Trinajstić information content (AvgIpc) is 3.20. The lowest BCUT2D eigenvalue weighted by molar-refractivity contribution is 0.0664. The van der Waals surface area contributed by atoms with Gasteiger partial charge in [-0.05, 0) is 55.5 Å². The lowest BCUT2D eigenvalue weighted by Gasteiger charge is -2.33. The molecule has 2 aromatic rings. The van der Waals surface area contributed by atoms with Crippen molar-refractivity contribution in [1.82, 2.24) is 9.21 Å². The molecule has 0 bridgehead atoms. The Bertz CT molecular complexity index is 951. The first kappa shape index (κ1) is 20.2. The van der Waals surface area contributed by atoms with Crippen LogP contribution in [0.1, 0.15) is 59.9 Å². The molecule has 4 rings (SSSR count). The fourth-order valence-electron chi connectivity index (χ4n) is 4.33. The minimum Gasteiger partial charge on any atom is -0.456 e. The number of carbonyl (C=O) groups excluding carboxylic acids is 1. The van der Waals surface area contributed by atoms with Crippen molar-refractivity contribution in [2.24, 2.45) is 0 Å². The van der Waals surface area contributed by atoms with E-state index >= 15 is 0 Å². The van der Waals surface area contributed by atoms with Gasteiger partial charge >= 0.3 is 0 Å². The Labute approximate surface area is 172 Å². The second kappa shape index (κ2) is 8.32. The number of hydrogen-bond acceptors (Lipinski definition) is 4. The maximum Gasteiger partial charge on any atom is 0.289 e. The largest absolute Gasteiger partial charge is 0.456 e. The van der Waals surface area contributed by atoms with Crippen molar-refractivity contribution in [2.75, 3.05) is 26.2 Å². The Morgan fingerprint density at radius 2 is 1.59 bits per heavy atom. The molecule has 156 valence electrons. The summed E-state index contributed by atoms with van der Waals surface area (Å²) in [6, 6.07) is 10.8. The fourth-order valence-corrected chi connectivity index (χ4v) is 5.76. The summed E-state index contributed by atoms with van der Waals surface area (Å²) in [4.78, 5) is 14.5. The lowest BCUT2D eigenvalue weighted by Crippen LogP contribution is -2.50. The van der Waals surface area contributed by atoms with E-state index in [1.807, 2.05) is 12.1 Å². The molecule has 2 aliphatic rings. The van der Waals surface area contributed by atoms with Gasteiger partial charge in [-0.15, -0.1) is 0 Å². The topological polar surface area (TPSA) is 70.8 Å². The maximum atomic E-state index is 13.0. The second-order valence-electron chi connectivity index (χ2n) is 8.01. The lowest BCUT2D eigenvalue weighted by atomic mass is 9.84. The zero-order valence-electron chi connectivity index (χ0n) is 16.8. The molecule has 0 radical (unpaired) electrons. The van der Waals surface area contributed by atoms with E-state index in [-0.39, 0.29) is 19.0 Å². The standard InChI is InChI=1S/C22H28N2O4S/c1-17-7-12-21(28-17)22(25)23-13-15-24(16-14-23)29(26,27)20-10-8-19(9-11-20)18-5-3-2-4-6-18/h7-12,18H,2-6,13-16H2,1H3. The molecule has 1 saturated carbocycles. The molecule has 0 atom stereocenters. The van der Waals surface area contributed by atoms with Crippen LogP contribution in [0, 0.1) is 6.92 Å². The van der Waals surface area contributed by atoms with Crippen LogP contribution in [0.4, 0.5) is 0 Å². The van der Waals surface area contributed by atoms with Crippen LogP contribution in [0.3, 0.4) is 0 Å². The first-order chi connectivity index (χ1) is 13.9. The summed E-state index contributed by atoms with van der Waals surface area (Å²) >= 11 is 0. The molecule has 7 heteroatoms. The molecule has 0 unspecified atom stereocenters. The minimum atomic E-state index is -3.55. The van der Waals surface area contributed by atoms with Gasteiger partial charge in [0.1, 0.15) is 5.76 Å². The first-order valence-electron chi connectivity index (χ1n) is 10.4. The van der Waals surface area contributed by atoms with Crippen LogP contribution in [0.15, 0.2) is 45.7 Å². The summed E-state index contributed by atoms with van der Waals surface area (Å²) in [5, 5.41) is 0. The number of hydrogen-bond donors (Lipinski definition) is 0. The van der Waals surface area contributed by atoms with Gasteiger partial charge in [0, 0.05) is 26.2 Å². The van der Waals surface area contributed by atoms with Gasteiger partial charge in [0.05, 0.1) is 4.90 Å². The molecular formula is C22H28N2O4S. The van der Waals surface area contributed by atoms with E-state index in [0.29, 0.717) is 35.4 Å². The summed E-state index contributed by atoms with van der Waals surface area (Å²) < 4.78 is 32.9. The number of furan rings is 1. The molecule has 2 fully saturated rings. The number of piperazine rings is 1. The fraction of sp³-hybridized carbons (Fsp3) is 0.500. The van der Waals surface area contributed by atoms with E-state index in [1.165, 1.54) is 42.0 Å². The predicted molar refractivity (Wildman–Crippen MR) is 110 cm³/mol. The molecule has 1 aliphatic carbocycles. The molecule has 0 spiro atoms. The number of aryl methyl sites for hydroxylation is 1. The van der Waals surface area contributed by atoms with Crippen molar-refractivity contribution in [3.05, 3.63) is 53.5 Å². The average molecular weight is 417 g/mol. The van der Waals surface area contributed by atoms with Gasteiger partial charge in [0.15, 0.2) is 5.76 Å². The molecule has 6 nitrogen and oxygen atoms in total. The number of rotatable bonds is 4. The van der Waals surface area contributed by atoms with E-state index in [9.17, 15) is 13.2 Å². The van der Waals surface area contributed by atoms with Crippen LogP contribution in [-0.2, 0) is 10.0 Å². The smallest absolute Gasteiger partial charge is 0.289 e. The van der Waals surface area contributed by atoms with Crippen molar-refractivity contribution in [2.45, 2.75) is 49.8 Å². The van der Waals surface area contributed by atoms with Gasteiger partial charge in [0.2, 0.25) is 10.0 Å². The van der Waals surface area contributed by atoms with Gasteiger partial charge in [-0.25, -0.2) is 8.42 Å².